The Bertz CT molecular complexity index is 465. The van der Waals surface area contributed by atoms with Crippen LogP contribution in [0.1, 0.15) is 82.4 Å². The Balaban J connectivity index is 1.77. The summed E-state index contributed by atoms with van der Waals surface area (Å²) in [5.41, 5.74) is 3.16. The van der Waals surface area contributed by atoms with Gasteiger partial charge in [-0.25, -0.2) is 0 Å². The molecule has 1 nitrogen and oxygen atoms in total. The molecule has 0 radical (unpaired) electrons. The highest BCUT2D eigenvalue weighted by atomic mass is 15.0. The summed E-state index contributed by atoms with van der Waals surface area (Å²) in [7, 11) is 0. The average molecular weight is 285 g/mol. The lowest BCUT2D eigenvalue weighted by Gasteiger charge is -2.40. The maximum absolute atomic E-state index is 4.07. The number of hydrogen-bond acceptors (Lipinski definition) is 1. The first-order valence-corrected chi connectivity index (χ1v) is 9.01. The van der Waals surface area contributed by atoms with E-state index in [-0.39, 0.29) is 0 Å². The lowest BCUT2D eigenvalue weighted by Crippen LogP contribution is -2.43. The molecule has 2 aliphatic carbocycles. The molecular weight excluding hydrogens is 254 g/mol. The maximum atomic E-state index is 4.07. The van der Waals surface area contributed by atoms with Crippen LogP contribution in [-0.2, 0) is 0 Å². The topological polar surface area (TPSA) is 12.0 Å². The molecule has 0 heterocycles. The van der Waals surface area contributed by atoms with Crippen molar-refractivity contribution in [2.24, 2.45) is 11.8 Å². The van der Waals surface area contributed by atoms with E-state index in [2.05, 4.69) is 50.4 Å². The molecule has 0 aromatic heterocycles. The van der Waals surface area contributed by atoms with Crippen LogP contribution < -0.4 is 5.32 Å². The highest BCUT2D eigenvalue weighted by molar-refractivity contribution is 5.35. The maximum Gasteiger partial charge on any atom is 0.0325 e. The summed E-state index contributed by atoms with van der Waals surface area (Å²) in [5.74, 6) is 2.40. The standard InChI is InChI=1S/C20H31N/c1-14(2)16-8-6-7-11-19(16)21-20-13-12-15(3)17-9-4-5-10-18(17)20/h4-5,9-10,14-16,19-21H,6-8,11-13H2,1-3H3. The normalized spacial score (nSPS) is 33.0. The van der Waals surface area contributed by atoms with Gasteiger partial charge < -0.3 is 5.32 Å². The van der Waals surface area contributed by atoms with Crippen LogP contribution in [0.15, 0.2) is 24.3 Å². The van der Waals surface area contributed by atoms with Crippen molar-refractivity contribution < 1.29 is 0 Å². The van der Waals surface area contributed by atoms with Gasteiger partial charge in [-0.15, -0.1) is 0 Å². The van der Waals surface area contributed by atoms with E-state index in [1.54, 1.807) is 11.1 Å². The summed E-state index contributed by atoms with van der Waals surface area (Å²) in [4.78, 5) is 0. The quantitative estimate of drug-likeness (QED) is 0.781. The molecule has 1 fully saturated rings. The molecule has 0 aliphatic heterocycles. The zero-order chi connectivity index (χ0) is 14.8. The van der Waals surface area contributed by atoms with Gasteiger partial charge in [0.25, 0.3) is 0 Å². The van der Waals surface area contributed by atoms with Gasteiger partial charge in [0.1, 0.15) is 0 Å². The summed E-state index contributed by atoms with van der Waals surface area (Å²) < 4.78 is 0. The third-order valence-corrected chi connectivity index (χ3v) is 5.88. The van der Waals surface area contributed by atoms with Crippen LogP contribution in [0, 0.1) is 11.8 Å². The van der Waals surface area contributed by atoms with E-state index in [1.807, 2.05) is 0 Å². The largest absolute Gasteiger partial charge is 0.307 e. The molecule has 3 rings (SSSR count). The van der Waals surface area contributed by atoms with Crippen LogP contribution in [0.5, 0.6) is 0 Å². The highest BCUT2D eigenvalue weighted by Crippen LogP contribution is 2.39. The second-order valence-corrected chi connectivity index (χ2v) is 7.63. The summed E-state index contributed by atoms with van der Waals surface area (Å²) in [5, 5.41) is 4.07. The molecule has 1 aromatic carbocycles. The van der Waals surface area contributed by atoms with Crippen LogP contribution >= 0.6 is 0 Å². The molecule has 1 heteroatoms. The van der Waals surface area contributed by atoms with Gasteiger partial charge in [-0.1, -0.05) is 57.9 Å². The minimum Gasteiger partial charge on any atom is -0.307 e. The summed E-state index contributed by atoms with van der Waals surface area (Å²) in [6.45, 7) is 7.19. The fourth-order valence-electron chi connectivity index (χ4n) is 4.60. The Morgan fingerprint density at radius 3 is 2.43 bits per heavy atom. The summed E-state index contributed by atoms with van der Waals surface area (Å²) in [6, 6.07) is 10.4. The van der Waals surface area contributed by atoms with E-state index >= 15 is 0 Å². The van der Waals surface area contributed by atoms with Crippen molar-refractivity contribution in [2.75, 3.05) is 0 Å². The van der Waals surface area contributed by atoms with E-state index in [0.717, 1.165) is 23.8 Å². The molecule has 4 atom stereocenters. The van der Waals surface area contributed by atoms with Crippen molar-refractivity contribution in [3.8, 4) is 0 Å². The van der Waals surface area contributed by atoms with Crippen molar-refractivity contribution in [2.45, 2.75) is 77.3 Å². The van der Waals surface area contributed by atoms with Crippen LogP contribution in [0.3, 0.4) is 0 Å². The number of benzene rings is 1. The second-order valence-electron chi connectivity index (χ2n) is 7.63. The number of rotatable bonds is 3. The van der Waals surface area contributed by atoms with Crippen LogP contribution in [0.25, 0.3) is 0 Å². The molecule has 0 bridgehead atoms. The van der Waals surface area contributed by atoms with E-state index < -0.39 is 0 Å². The lowest BCUT2D eigenvalue weighted by molar-refractivity contribution is 0.186. The fraction of sp³-hybridized carbons (Fsp3) is 0.700. The Labute approximate surface area is 130 Å². The Morgan fingerprint density at radius 1 is 0.952 bits per heavy atom. The lowest BCUT2D eigenvalue weighted by atomic mass is 9.76. The predicted octanol–water partition coefficient (Wildman–Crippen LogP) is 5.43. The molecule has 0 saturated heterocycles. The molecule has 0 spiro atoms. The first-order valence-electron chi connectivity index (χ1n) is 9.01. The van der Waals surface area contributed by atoms with Crippen molar-refractivity contribution in [3.63, 3.8) is 0 Å². The zero-order valence-electron chi connectivity index (χ0n) is 13.9. The average Bonchev–Trinajstić information content (AvgIpc) is 2.51. The highest BCUT2D eigenvalue weighted by Gasteiger charge is 2.31. The molecule has 2 aliphatic rings. The molecule has 4 unspecified atom stereocenters. The molecule has 1 saturated carbocycles. The van der Waals surface area contributed by atoms with Crippen LogP contribution in [-0.4, -0.2) is 6.04 Å². The first-order chi connectivity index (χ1) is 10.2. The van der Waals surface area contributed by atoms with Crippen LogP contribution in [0.2, 0.25) is 0 Å². The van der Waals surface area contributed by atoms with Gasteiger partial charge in [0.2, 0.25) is 0 Å². The van der Waals surface area contributed by atoms with E-state index in [9.17, 15) is 0 Å². The minimum absolute atomic E-state index is 0.585. The molecular formula is C20H31N. The molecule has 116 valence electrons. The zero-order valence-corrected chi connectivity index (χ0v) is 13.9. The SMILES string of the molecule is CC1CCC(NC2CCCCC2C(C)C)c2ccccc21. The van der Waals surface area contributed by atoms with Crippen molar-refractivity contribution in [1.82, 2.24) is 5.32 Å². The number of hydrogen-bond donors (Lipinski definition) is 1. The van der Waals surface area contributed by atoms with Crippen molar-refractivity contribution in [1.29, 1.82) is 0 Å². The van der Waals surface area contributed by atoms with E-state index in [1.165, 1.54) is 38.5 Å². The second kappa shape index (κ2) is 6.52. The summed E-state index contributed by atoms with van der Waals surface area (Å²) in [6.07, 6.45) is 8.26. The number of fused-ring (bicyclic) bond motifs is 1. The van der Waals surface area contributed by atoms with Crippen molar-refractivity contribution >= 4 is 0 Å². The minimum atomic E-state index is 0.585. The van der Waals surface area contributed by atoms with Crippen LogP contribution in [0.4, 0.5) is 0 Å². The van der Waals surface area contributed by atoms with Gasteiger partial charge in [0.15, 0.2) is 0 Å². The smallest absolute Gasteiger partial charge is 0.0325 e. The predicted molar refractivity (Wildman–Crippen MR) is 90.6 cm³/mol. The molecule has 0 amide bonds. The molecule has 1 aromatic rings. The Morgan fingerprint density at radius 2 is 1.67 bits per heavy atom. The van der Waals surface area contributed by atoms with Gasteiger partial charge in [-0.05, 0) is 54.6 Å². The van der Waals surface area contributed by atoms with Gasteiger partial charge in [0, 0.05) is 12.1 Å². The first kappa shape index (κ1) is 15.1. The Kier molecular flexibility index (Phi) is 4.69. The third kappa shape index (κ3) is 3.18. The Hall–Kier alpha value is -0.820. The molecule has 21 heavy (non-hydrogen) atoms. The third-order valence-electron chi connectivity index (χ3n) is 5.88. The van der Waals surface area contributed by atoms with E-state index in [0.29, 0.717) is 6.04 Å². The molecule has 1 N–H and O–H groups in total. The van der Waals surface area contributed by atoms with Crippen molar-refractivity contribution in [3.05, 3.63) is 35.4 Å². The van der Waals surface area contributed by atoms with Gasteiger partial charge in [-0.2, -0.15) is 0 Å². The monoisotopic (exact) mass is 285 g/mol. The van der Waals surface area contributed by atoms with Gasteiger partial charge in [0.05, 0.1) is 0 Å². The van der Waals surface area contributed by atoms with Gasteiger partial charge in [-0.3, -0.25) is 0 Å². The fourth-order valence-corrected chi connectivity index (χ4v) is 4.60. The number of nitrogens with one attached hydrogen (secondary N) is 1. The summed E-state index contributed by atoms with van der Waals surface area (Å²) >= 11 is 0. The van der Waals surface area contributed by atoms with E-state index in [4.69, 9.17) is 0 Å². The van der Waals surface area contributed by atoms with Gasteiger partial charge >= 0.3 is 0 Å².